The normalized spacial score (nSPS) is 10.5. The van der Waals surface area contributed by atoms with Crippen LogP contribution in [0.15, 0.2) is 48.5 Å². The van der Waals surface area contributed by atoms with Crippen LogP contribution >= 0.6 is 0 Å². The third kappa shape index (κ3) is 3.74. The molecule has 0 saturated carbocycles. The maximum Gasteiger partial charge on any atom is 0.265 e. The van der Waals surface area contributed by atoms with Crippen LogP contribution in [-0.2, 0) is 0 Å². The highest BCUT2D eigenvalue weighted by molar-refractivity contribution is 6.21. The Hall–Kier alpha value is -2.82. The van der Waals surface area contributed by atoms with Crippen LogP contribution < -0.4 is 15.4 Å². The molecule has 0 radical (unpaired) electrons. The molecule has 24 heavy (non-hydrogen) atoms. The largest absolute Gasteiger partial charge is 0.494 e. The number of guanidine groups is 1. The minimum Gasteiger partial charge on any atom is -0.494 e. The minimum absolute atomic E-state index is 0.205. The van der Waals surface area contributed by atoms with E-state index in [9.17, 15) is 4.79 Å². The minimum atomic E-state index is -0.335. The first-order valence-corrected chi connectivity index (χ1v) is 7.96. The van der Waals surface area contributed by atoms with Gasteiger partial charge < -0.3 is 10.5 Å². The number of nitrogens with two attached hydrogens (primary N) is 1. The van der Waals surface area contributed by atoms with E-state index in [-0.39, 0.29) is 17.8 Å². The summed E-state index contributed by atoms with van der Waals surface area (Å²) >= 11 is 0. The second kappa shape index (κ2) is 7.64. The zero-order valence-electron chi connectivity index (χ0n) is 14.2. The highest BCUT2D eigenvalue weighted by Crippen LogP contribution is 2.28. The van der Waals surface area contributed by atoms with Crippen molar-refractivity contribution in [2.45, 2.75) is 26.7 Å². The third-order valence-electron chi connectivity index (χ3n) is 3.66. The zero-order chi connectivity index (χ0) is 17.7. The van der Waals surface area contributed by atoms with Gasteiger partial charge in [0.15, 0.2) is 5.96 Å². The van der Waals surface area contributed by atoms with E-state index in [0.717, 1.165) is 5.56 Å². The van der Waals surface area contributed by atoms with Crippen molar-refractivity contribution < 1.29 is 9.53 Å². The molecule has 0 spiro atoms. The molecular weight excluding hydrogens is 302 g/mol. The molecule has 3 N–H and O–H groups in total. The molecule has 0 aliphatic rings. The van der Waals surface area contributed by atoms with Gasteiger partial charge in [0.05, 0.1) is 12.3 Å². The van der Waals surface area contributed by atoms with E-state index < -0.39 is 0 Å². The maximum absolute atomic E-state index is 12.9. The van der Waals surface area contributed by atoms with Gasteiger partial charge in [-0.25, -0.2) is 4.90 Å². The van der Waals surface area contributed by atoms with Gasteiger partial charge in [0.25, 0.3) is 5.91 Å². The SMILES string of the molecule is CCOc1ccc(C(=O)N(C(=N)N)c2ccccc2C(C)C)cc1. The number of ether oxygens (including phenoxy) is 1. The summed E-state index contributed by atoms with van der Waals surface area (Å²) in [5.74, 6) is 0.266. The zero-order valence-corrected chi connectivity index (χ0v) is 14.2. The molecule has 2 aromatic rings. The summed E-state index contributed by atoms with van der Waals surface area (Å²) in [6.45, 7) is 6.55. The van der Waals surface area contributed by atoms with Crippen LogP contribution in [0.5, 0.6) is 5.75 Å². The van der Waals surface area contributed by atoms with E-state index in [1.165, 1.54) is 4.90 Å². The van der Waals surface area contributed by atoms with Gasteiger partial charge in [-0.05, 0) is 48.7 Å². The summed E-state index contributed by atoms with van der Waals surface area (Å²) in [5.41, 5.74) is 7.77. The average Bonchev–Trinajstić information content (AvgIpc) is 2.56. The fraction of sp³-hybridized carbons (Fsp3) is 0.263. The molecule has 0 fully saturated rings. The Morgan fingerprint density at radius 2 is 1.79 bits per heavy atom. The van der Waals surface area contributed by atoms with Crippen molar-refractivity contribution in [3.8, 4) is 5.75 Å². The molecule has 0 aliphatic carbocycles. The first-order valence-electron chi connectivity index (χ1n) is 7.96. The van der Waals surface area contributed by atoms with Crippen LogP contribution in [0.2, 0.25) is 0 Å². The van der Waals surface area contributed by atoms with Crippen LogP contribution in [-0.4, -0.2) is 18.5 Å². The number of hydrogen-bond donors (Lipinski definition) is 2. The van der Waals surface area contributed by atoms with Gasteiger partial charge in [-0.1, -0.05) is 32.0 Å². The molecule has 0 aromatic heterocycles. The molecule has 0 bridgehead atoms. The summed E-state index contributed by atoms with van der Waals surface area (Å²) in [4.78, 5) is 14.1. The third-order valence-corrected chi connectivity index (χ3v) is 3.66. The lowest BCUT2D eigenvalue weighted by atomic mass is 10.00. The van der Waals surface area contributed by atoms with Crippen molar-refractivity contribution in [3.63, 3.8) is 0 Å². The Morgan fingerprint density at radius 3 is 2.33 bits per heavy atom. The van der Waals surface area contributed by atoms with Crippen molar-refractivity contribution in [2.75, 3.05) is 11.5 Å². The van der Waals surface area contributed by atoms with Crippen molar-refractivity contribution in [1.29, 1.82) is 5.41 Å². The number of anilines is 1. The number of nitrogens with zero attached hydrogens (tertiary/aromatic N) is 1. The number of hydrogen-bond acceptors (Lipinski definition) is 3. The Labute approximate surface area is 142 Å². The van der Waals surface area contributed by atoms with Crippen LogP contribution in [0, 0.1) is 5.41 Å². The topological polar surface area (TPSA) is 79.4 Å². The summed E-state index contributed by atoms with van der Waals surface area (Å²) in [7, 11) is 0. The van der Waals surface area contributed by atoms with Crippen molar-refractivity contribution in [3.05, 3.63) is 59.7 Å². The van der Waals surface area contributed by atoms with Gasteiger partial charge in [0.1, 0.15) is 5.75 Å². The Morgan fingerprint density at radius 1 is 1.17 bits per heavy atom. The second-order valence-corrected chi connectivity index (χ2v) is 5.70. The molecule has 126 valence electrons. The quantitative estimate of drug-likeness (QED) is 0.649. The van der Waals surface area contributed by atoms with Gasteiger partial charge >= 0.3 is 0 Å². The summed E-state index contributed by atoms with van der Waals surface area (Å²) < 4.78 is 5.39. The van der Waals surface area contributed by atoms with Crippen molar-refractivity contribution in [1.82, 2.24) is 0 Å². The van der Waals surface area contributed by atoms with E-state index in [4.69, 9.17) is 15.9 Å². The second-order valence-electron chi connectivity index (χ2n) is 5.70. The monoisotopic (exact) mass is 325 g/mol. The lowest BCUT2D eigenvalue weighted by Gasteiger charge is -2.25. The molecule has 1 amide bonds. The van der Waals surface area contributed by atoms with Gasteiger partial charge in [-0.2, -0.15) is 0 Å². The molecule has 5 nitrogen and oxygen atoms in total. The van der Waals surface area contributed by atoms with Crippen molar-refractivity contribution in [2.24, 2.45) is 5.73 Å². The van der Waals surface area contributed by atoms with E-state index in [0.29, 0.717) is 23.6 Å². The predicted octanol–water partition coefficient (Wildman–Crippen LogP) is 3.75. The van der Waals surface area contributed by atoms with Crippen molar-refractivity contribution >= 4 is 17.6 Å². The van der Waals surface area contributed by atoms with E-state index in [2.05, 4.69) is 0 Å². The predicted molar refractivity (Wildman–Crippen MR) is 96.9 cm³/mol. The summed E-state index contributed by atoms with van der Waals surface area (Å²) in [5, 5.41) is 7.87. The highest BCUT2D eigenvalue weighted by atomic mass is 16.5. The van der Waals surface area contributed by atoms with Crippen LogP contribution in [0.1, 0.15) is 42.6 Å². The molecule has 0 saturated heterocycles. The fourth-order valence-corrected chi connectivity index (χ4v) is 2.52. The van der Waals surface area contributed by atoms with Gasteiger partial charge in [0, 0.05) is 5.56 Å². The number of carbonyl (C=O) groups is 1. The number of carbonyl (C=O) groups excluding carboxylic acids is 1. The average molecular weight is 325 g/mol. The molecule has 2 aromatic carbocycles. The standard InChI is InChI=1S/C19H23N3O2/c1-4-24-15-11-9-14(10-12-15)18(23)22(19(20)21)17-8-6-5-7-16(17)13(2)3/h5-13H,4H2,1-3H3,(H3,20,21). The molecule has 0 aliphatic heterocycles. The highest BCUT2D eigenvalue weighted by Gasteiger charge is 2.23. The van der Waals surface area contributed by atoms with Crippen LogP contribution in [0.3, 0.4) is 0 Å². The van der Waals surface area contributed by atoms with Gasteiger partial charge in [0.2, 0.25) is 0 Å². The van der Waals surface area contributed by atoms with Gasteiger partial charge in [-0.3, -0.25) is 10.2 Å². The number of benzene rings is 2. The lowest BCUT2D eigenvalue weighted by Crippen LogP contribution is -2.42. The molecule has 0 atom stereocenters. The van der Waals surface area contributed by atoms with E-state index >= 15 is 0 Å². The van der Waals surface area contributed by atoms with Gasteiger partial charge in [-0.15, -0.1) is 0 Å². The first-order chi connectivity index (χ1) is 11.5. The first kappa shape index (κ1) is 17.5. The van der Waals surface area contributed by atoms with E-state index in [1.54, 1.807) is 24.3 Å². The summed E-state index contributed by atoms with van der Waals surface area (Å²) in [6.07, 6.45) is 0. The Balaban J connectivity index is 2.41. The van der Waals surface area contributed by atoms with Crippen LogP contribution in [0.25, 0.3) is 0 Å². The molecule has 0 heterocycles. The summed E-state index contributed by atoms with van der Waals surface area (Å²) in [6, 6.07) is 14.3. The molecule has 5 heteroatoms. The van der Waals surface area contributed by atoms with Crippen LogP contribution in [0.4, 0.5) is 5.69 Å². The number of nitrogens with one attached hydrogen (secondary N) is 1. The molecular formula is C19H23N3O2. The molecule has 2 rings (SSSR count). The maximum atomic E-state index is 12.9. The number of amides is 1. The fourth-order valence-electron chi connectivity index (χ4n) is 2.52. The number of rotatable bonds is 5. The lowest BCUT2D eigenvalue weighted by molar-refractivity contribution is 0.100. The molecule has 0 unspecified atom stereocenters. The number of para-hydroxylation sites is 1. The Bertz CT molecular complexity index is 724. The smallest absolute Gasteiger partial charge is 0.265 e. The van der Waals surface area contributed by atoms with E-state index in [1.807, 2.05) is 45.0 Å². The Kier molecular flexibility index (Phi) is 5.58.